The molecule has 0 spiro atoms. The molecule has 1 heterocycles. The van der Waals surface area contributed by atoms with E-state index in [0.717, 1.165) is 19.3 Å². The van der Waals surface area contributed by atoms with Crippen LogP contribution in [0.25, 0.3) is 0 Å². The van der Waals surface area contributed by atoms with Crippen molar-refractivity contribution in [3.63, 3.8) is 0 Å². The van der Waals surface area contributed by atoms with Crippen LogP contribution in [0.4, 0.5) is 0 Å². The molecule has 1 aromatic heterocycles. The maximum Gasteiger partial charge on any atom is 1.00 e. The van der Waals surface area contributed by atoms with Crippen LogP contribution < -0.4 is 56.8 Å². The summed E-state index contributed by atoms with van der Waals surface area (Å²) in [6.07, 6.45) is 14.1. The van der Waals surface area contributed by atoms with Gasteiger partial charge in [0.05, 0.1) is 18.3 Å². The van der Waals surface area contributed by atoms with E-state index in [-0.39, 0.29) is 60.8 Å². The molecule has 1 aromatic rings. The number of amides is 2. The number of H-pyrrole nitrogens is 1. The molecule has 0 bridgehead atoms. The smallest absolute Gasteiger partial charge is 0.548 e. The van der Waals surface area contributed by atoms with Gasteiger partial charge in [-0.1, -0.05) is 58.3 Å². The van der Waals surface area contributed by atoms with Crippen LogP contribution in [0.1, 0.15) is 89.7 Å². The van der Waals surface area contributed by atoms with E-state index in [9.17, 15) is 19.5 Å². The normalized spacial score (nSPS) is 12.1. The van der Waals surface area contributed by atoms with Gasteiger partial charge in [0.15, 0.2) is 5.96 Å². The molecule has 0 aromatic carbocycles. The predicted octanol–water partition coefficient (Wildman–Crippen LogP) is -2.35. The third kappa shape index (κ3) is 16.5. The number of unbranched alkanes of at least 4 members (excludes halogenated alkanes) is 8. The third-order valence-electron chi connectivity index (χ3n) is 5.68. The van der Waals surface area contributed by atoms with E-state index in [0.29, 0.717) is 18.5 Å². The van der Waals surface area contributed by atoms with Crippen molar-refractivity contribution in [3.8, 4) is 0 Å². The van der Waals surface area contributed by atoms with Crippen LogP contribution >= 0.6 is 0 Å². The van der Waals surface area contributed by atoms with Crippen LogP contribution in [0.5, 0.6) is 0 Å². The molecule has 0 aliphatic rings. The molecule has 0 aliphatic heterocycles. The van der Waals surface area contributed by atoms with Gasteiger partial charge in [0.25, 0.3) is 0 Å². The van der Waals surface area contributed by atoms with Crippen molar-refractivity contribution in [2.75, 3.05) is 6.54 Å². The van der Waals surface area contributed by atoms with Crippen molar-refractivity contribution in [1.29, 1.82) is 0 Å². The molecule has 2 amide bonds. The monoisotopic (exact) mass is 515 g/mol. The van der Waals surface area contributed by atoms with Crippen molar-refractivity contribution in [1.82, 2.24) is 20.6 Å². The van der Waals surface area contributed by atoms with E-state index < -0.39 is 24.0 Å². The Labute approximate surface area is 236 Å². The minimum atomic E-state index is -1.42. The number of carbonyl (C=O) groups excluding carboxylic acids is 3. The number of aliphatic imine (C=N–C) groups is 1. The average Bonchev–Trinajstić information content (AvgIpc) is 3.32. The molecule has 198 valence electrons. The van der Waals surface area contributed by atoms with Crippen LogP contribution in [0.15, 0.2) is 17.5 Å². The van der Waals surface area contributed by atoms with E-state index in [2.05, 4.69) is 32.5 Å². The number of imidazole rings is 1. The summed E-state index contributed by atoms with van der Waals surface area (Å²) in [6.45, 7) is 2.49. The number of carbonyl (C=O) groups is 3. The van der Waals surface area contributed by atoms with Gasteiger partial charge in [0, 0.05) is 31.3 Å². The molecule has 0 saturated carbocycles. The molecular weight excluding hydrogens is 473 g/mol. The number of nitrogens with two attached hydrogens (primary N) is 2. The number of carboxylic acid groups (broad SMARTS) is 1. The maximum absolute atomic E-state index is 12.8. The van der Waals surface area contributed by atoms with E-state index in [1.165, 1.54) is 51.0 Å². The van der Waals surface area contributed by atoms with Gasteiger partial charge in [0.2, 0.25) is 11.8 Å². The number of aromatic amines is 1. The number of nitrogens with zero attached hydrogens (tertiary/aromatic N) is 2. The molecule has 0 saturated heterocycles. The molecule has 0 unspecified atom stereocenters. The summed E-state index contributed by atoms with van der Waals surface area (Å²) >= 11 is 0. The Morgan fingerprint density at radius 3 is 2.19 bits per heavy atom. The van der Waals surface area contributed by atoms with Gasteiger partial charge in [-0.05, 0) is 19.3 Å². The Bertz CT molecular complexity index is 771. The maximum atomic E-state index is 12.8. The molecule has 0 aliphatic carbocycles. The van der Waals surface area contributed by atoms with Crippen molar-refractivity contribution in [3.05, 3.63) is 18.2 Å². The number of nitrogens with one attached hydrogen (secondary N) is 3. The zero-order valence-corrected chi connectivity index (χ0v) is 23.9. The average molecular weight is 516 g/mol. The summed E-state index contributed by atoms with van der Waals surface area (Å²) in [5, 5.41) is 16.8. The second kappa shape index (κ2) is 21.0. The molecule has 12 heteroatoms. The predicted molar refractivity (Wildman–Crippen MR) is 133 cm³/mol. The Balaban J connectivity index is 0.0000122. The second-order valence-corrected chi connectivity index (χ2v) is 8.81. The van der Waals surface area contributed by atoms with E-state index in [4.69, 9.17) is 11.5 Å². The van der Waals surface area contributed by atoms with Crippen molar-refractivity contribution in [2.45, 2.75) is 102 Å². The SMILES string of the molecule is CCCCCCCCCCCC(=O)N[C@@H](CCCN=C(N)N)C(=O)N[C@@H](Cc1cnc[nH]1)C(=O)[O-].[Na+]. The molecule has 36 heavy (non-hydrogen) atoms. The quantitative estimate of drug-likeness (QED) is 0.0555. The van der Waals surface area contributed by atoms with Crippen LogP contribution in [0, 0.1) is 0 Å². The van der Waals surface area contributed by atoms with Crippen molar-refractivity contribution in [2.24, 2.45) is 16.5 Å². The Morgan fingerprint density at radius 1 is 1.00 bits per heavy atom. The van der Waals surface area contributed by atoms with Gasteiger partial charge < -0.3 is 37.0 Å². The molecule has 7 N–H and O–H groups in total. The Kier molecular flexibility index (Phi) is 19.8. The van der Waals surface area contributed by atoms with Crippen LogP contribution in [0.2, 0.25) is 0 Å². The van der Waals surface area contributed by atoms with Gasteiger partial charge in [-0.25, -0.2) is 4.98 Å². The second-order valence-electron chi connectivity index (χ2n) is 8.81. The van der Waals surface area contributed by atoms with E-state index >= 15 is 0 Å². The number of aromatic nitrogens is 2. The fourth-order valence-electron chi connectivity index (χ4n) is 3.72. The first-order valence-electron chi connectivity index (χ1n) is 12.7. The Hall–Kier alpha value is -2.11. The largest absolute Gasteiger partial charge is 1.00 e. The summed E-state index contributed by atoms with van der Waals surface area (Å²) in [5.74, 6) is -2.32. The number of aliphatic carboxylic acids is 1. The molecule has 0 radical (unpaired) electrons. The molecule has 11 nitrogen and oxygen atoms in total. The first-order chi connectivity index (χ1) is 16.8. The number of carboxylic acids is 1. The zero-order chi connectivity index (χ0) is 25.9. The fourth-order valence-corrected chi connectivity index (χ4v) is 3.72. The Morgan fingerprint density at radius 2 is 1.64 bits per heavy atom. The van der Waals surface area contributed by atoms with Gasteiger partial charge >= 0.3 is 29.6 Å². The molecule has 2 atom stereocenters. The molecule has 1 rings (SSSR count). The third-order valence-corrected chi connectivity index (χ3v) is 5.68. The van der Waals surface area contributed by atoms with Gasteiger partial charge in [0.1, 0.15) is 6.04 Å². The van der Waals surface area contributed by atoms with Crippen molar-refractivity contribution >= 4 is 23.7 Å². The van der Waals surface area contributed by atoms with Crippen LogP contribution in [-0.4, -0.2) is 52.3 Å². The minimum Gasteiger partial charge on any atom is -0.548 e. The zero-order valence-electron chi connectivity index (χ0n) is 21.9. The summed E-state index contributed by atoms with van der Waals surface area (Å²) in [5.41, 5.74) is 11.2. The standard InChI is InChI=1S/C24H43N7O4.Na/c1-2-3-4-5-6-7-8-9-10-13-21(32)30-19(12-11-14-28-24(25)26)22(33)31-20(23(34)35)15-18-16-27-17-29-18;/h16-17,19-20H,2-15H2,1H3,(H,27,29)(H,30,32)(H,31,33)(H,34,35)(H4,25,26,28);/q;+1/p-1/t19-,20-;/m0./s1. The first kappa shape index (κ1) is 33.9. The first-order valence-corrected chi connectivity index (χ1v) is 12.7. The molecular formula is C24H42N7NaO4. The number of rotatable bonds is 20. The molecule has 0 fully saturated rings. The number of guanidine groups is 1. The van der Waals surface area contributed by atoms with E-state index in [1.54, 1.807) is 0 Å². The number of hydrogen-bond acceptors (Lipinski definition) is 6. The van der Waals surface area contributed by atoms with E-state index in [1.807, 2.05) is 0 Å². The summed E-state index contributed by atoms with van der Waals surface area (Å²) < 4.78 is 0. The number of hydrogen-bond donors (Lipinski definition) is 5. The summed E-state index contributed by atoms with van der Waals surface area (Å²) in [7, 11) is 0. The topological polar surface area (TPSA) is 191 Å². The van der Waals surface area contributed by atoms with Crippen LogP contribution in [-0.2, 0) is 20.8 Å². The fraction of sp³-hybridized carbons (Fsp3) is 0.708. The van der Waals surface area contributed by atoms with Gasteiger partial charge in [-0.3, -0.25) is 14.6 Å². The summed E-state index contributed by atoms with van der Waals surface area (Å²) in [6, 6.07) is -2.17. The minimum absolute atomic E-state index is 0. The summed E-state index contributed by atoms with van der Waals surface area (Å²) in [4.78, 5) is 47.4. The van der Waals surface area contributed by atoms with Crippen LogP contribution in [0.3, 0.4) is 0 Å². The van der Waals surface area contributed by atoms with Gasteiger partial charge in [-0.2, -0.15) is 0 Å². The van der Waals surface area contributed by atoms with Crippen molar-refractivity contribution < 1.29 is 49.0 Å². The van der Waals surface area contributed by atoms with Gasteiger partial charge in [-0.15, -0.1) is 0 Å².